The molecule has 1 aromatic rings. The van der Waals surface area contributed by atoms with Crippen LogP contribution >= 0.6 is 0 Å². The predicted molar refractivity (Wildman–Crippen MR) is 72.7 cm³/mol. The van der Waals surface area contributed by atoms with Crippen LogP contribution in [-0.4, -0.2) is 41.2 Å². The van der Waals surface area contributed by atoms with E-state index in [1.807, 2.05) is 20.8 Å². The topological polar surface area (TPSA) is 54.5 Å². The van der Waals surface area contributed by atoms with Crippen molar-refractivity contribution in [2.24, 2.45) is 0 Å². The lowest BCUT2D eigenvalue weighted by Crippen LogP contribution is -2.50. The molecule has 110 valence electrons. The lowest BCUT2D eigenvalue weighted by molar-refractivity contribution is 0.0114. The van der Waals surface area contributed by atoms with Crippen molar-refractivity contribution < 1.29 is 13.9 Å². The summed E-state index contributed by atoms with van der Waals surface area (Å²) >= 11 is 0. The first-order valence-electron chi connectivity index (χ1n) is 6.68. The molecule has 1 aliphatic heterocycles. The van der Waals surface area contributed by atoms with Gasteiger partial charge in [-0.25, -0.2) is 9.18 Å². The number of hydrogen-bond donors (Lipinski definition) is 1. The zero-order chi connectivity index (χ0) is 14.8. The Morgan fingerprint density at radius 1 is 1.55 bits per heavy atom. The largest absolute Gasteiger partial charge is 0.444 e. The van der Waals surface area contributed by atoms with Crippen molar-refractivity contribution in [3.05, 3.63) is 29.8 Å². The standard InChI is InChI=1S/C14H20FN3O2/c1-14(2,3)20-13(19)18-7-6-17-9-12(18)10-4-5-16-8-11(10)15/h4-5,8,12,17H,6-7,9H2,1-3H3. The van der Waals surface area contributed by atoms with Crippen molar-refractivity contribution in [3.8, 4) is 0 Å². The minimum absolute atomic E-state index is 0.374. The second-order valence-electron chi connectivity index (χ2n) is 5.79. The van der Waals surface area contributed by atoms with Gasteiger partial charge in [0.15, 0.2) is 0 Å². The van der Waals surface area contributed by atoms with Crippen molar-refractivity contribution in [1.29, 1.82) is 0 Å². The summed E-state index contributed by atoms with van der Waals surface area (Å²) in [5, 5.41) is 3.17. The monoisotopic (exact) mass is 281 g/mol. The van der Waals surface area contributed by atoms with Gasteiger partial charge in [-0.3, -0.25) is 9.88 Å². The number of carbonyl (C=O) groups excluding carboxylic acids is 1. The highest BCUT2D eigenvalue weighted by atomic mass is 19.1. The first-order valence-corrected chi connectivity index (χ1v) is 6.68. The Bertz CT molecular complexity index is 488. The molecule has 0 spiro atoms. The summed E-state index contributed by atoms with van der Waals surface area (Å²) in [6.45, 7) is 7.10. The van der Waals surface area contributed by atoms with Gasteiger partial charge in [0.2, 0.25) is 0 Å². The molecule has 1 atom stereocenters. The fourth-order valence-electron chi connectivity index (χ4n) is 2.18. The highest BCUT2D eigenvalue weighted by molar-refractivity contribution is 5.69. The third-order valence-electron chi connectivity index (χ3n) is 3.03. The Morgan fingerprint density at radius 3 is 2.95 bits per heavy atom. The molecule has 1 unspecified atom stereocenters. The zero-order valence-corrected chi connectivity index (χ0v) is 12.0. The van der Waals surface area contributed by atoms with Gasteiger partial charge in [-0.15, -0.1) is 0 Å². The Kier molecular flexibility index (Phi) is 4.23. The number of aromatic nitrogens is 1. The van der Waals surface area contributed by atoms with Crippen LogP contribution in [0, 0.1) is 5.82 Å². The number of hydrogen-bond acceptors (Lipinski definition) is 4. The number of amides is 1. The van der Waals surface area contributed by atoms with Gasteiger partial charge in [0.1, 0.15) is 11.4 Å². The van der Waals surface area contributed by atoms with E-state index in [9.17, 15) is 9.18 Å². The van der Waals surface area contributed by atoms with Crippen molar-refractivity contribution in [1.82, 2.24) is 15.2 Å². The van der Waals surface area contributed by atoms with Crippen molar-refractivity contribution >= 4 is 6.09 Å². The Morgan fingerprint density at radius 2 is 2.30 bits per heavy atom. The van der Waals surface area contributed by atoms with Gasteiger partial charge in [0, 0.05) is 31.4 Å². The van der Waals surface area contributed by atoms with Crippen LogP contribution in [0.4, 0.5) is 9.18 Å². The van der Waals surface area contributed by atoms with Crippen LogP contribution in [0.2, 0.25) is 0 Å². The maximum absolute atomic E-state index is 13.9. The summed E-state index contributed by atoms with van der Waals surface area (Å²) in [5.74, 6) is -0.408. The maximum atomic E-state index is 13.9. The normalized spacial score (nSPS) is 19.8. The van der Waals surface area contributed by atoms with E-state index in [1.165, 1.54) is 6.20 Å². The number of nitrogens with zero attached hydrogens (tertiary/aromatic N) is 2. The number of carbonyl (C=O) groups is 1. The summed E-state index contributed by atoms with van der Waals surface area (Å²) in [6.07, 6.45) is 2.28. The van der Waals surface area contributed by atoms with E-state index in [-0.39, 0.29) is 6.04 Å². The number of pyridine rings is 1. The minimum Gasteiger partial charge on any atom is -0.444 e. The van der Waals surface area contributed by atoms with Gasteiger partial charge < -0.3 is 10.1 Å². The molecule has 1 aliphatic rings. The molecule has 0 saturated carbocycles. The number of rotatable bonds is 1. The minimum atomic E-state index is -0.566. The van der Waals surface area contributed by atoms with Crippen LogP contribution in [-0.2, 0) is 4.74 Å². The summed E-state index contributed by atoms with van der Waals surface area (Å²) in [5.41, 5.74) is -0.110. The van der Waals surface area contributed by atoms with Gasteiger partial charge in [-0.05, 0) is 26.8 Å². The third-order valence-corrected chi connectivity index (χ3v) is 3.03. The van der Waals surface area contributed by atoms with Crippen LogP contribution < -0.4 is 5.32 Å². The number of piperazine rings is 1. The fourth-order valence-corrected chi connectivity index (χ4v) is 2.18. The average Bonchev–Trinajstić information content (AvgIpc) is 2.37. The van der Waals surface area contributed by atoms with E-state index in [0.29, 0.717) is 25.2 Å². The number of nitrogens with one attached hydrogen (secondary N) is 1. The second-order valence-corrected chi connectivity index (χ2v) is 5.79. The van der Waals surface area contributed by atoms with E-state index in [1.54, 1.807) is 11.0 Å². The molecule has 0 bridgehead atoms. The Balaban J connectivity index is 2.22. The molecule has 0 aromatic carbocycles. The lowest BCUT2D eigenvalue weighted by atomic mass is 10.0. The van der Waals surface area contributed by atoms with Gasteiger partial charge in [-0.2, -0.15) is 0 Å². The van der Waals surface area contributed by atoms with Gasteiger partial charge in [-0.1, -0.05) is 0 Å². The summed E-state index contributed by atoms with van der Waals surface area (Å²) in [4.78, 5) is 17.6. The maximum Gasteiger partial charge on any atom is 0.410 e. The van der Waals surface area contributed by atoms with Crippen LogP contribution in [0.25, 0.3) is 0 Å². The van der Waals surface area contributed by atoms with E-state index in [4.69, 9.17) is 4.74 Å². The number of ether oxygens (including phenoxy) is 1. The molecule has 1 N–H and O–H groups in total. The molecule has 6 heteroatoms. The highest BCUT2D eigenvalue weighted by Gasteiger charge is 2.32. The predicted octanol–water partition coefficient (Wildman–Crippen LogP) is 2.10. The molecule has 0 radical (unpaired) electrons. The molecule has 1 saturated heterocycles. The van der Waals surface area contributed by atoms with Crippen LogP contribution in [0.15, 0.2) is 18.5 Å². The van der Waals surface area contributed by atoms with E-state index in [0.717, 1.165) is 6.20 Å². The lowest BCUT2D eigenvalue weighted by Gasteiger charge is -2.37. The van der Waals surface area contributed by atoms with E-state index in [2.05, 4.69) is 10.3 Å². The van der Waals surface area contributed by atoms with Crippen LogP contribution in [0.3, 0.4) is 0 Å². The van der Waals surface area contributed by atoms with Gasteiger partial charge in [0.05, 0.1) is 12.2 Å². The zero-order valence-electron chi connectivity index (χ0n) is 12.0. The smallest absolute Gasteiger partial charge is 0.410 e. The molecular weight excluding hydrogens is 261 g/mol. The first kappa shape index (κ1) is 14.7. The molecular formula is C14H20FN3O2. The average molecular weight is 281 g/mol. The molecule has 1 fully saturated rings. The van der Waals surface area contributed by atoms with Gasteiger partial charge in [0.25, 0.3) is 0 Å². The quantitative estimate of drug-likeness (QED) is 0.856. The molecule has 2 heterocycles. The fraction of sp³-hybridized carbons (Fsp3) is 0.571. The summed E-state index contributed by atoms with van der Waals surface area (Å²) < 4.78 is 19.3. The Hall–Kier alpha value is -1.69. The molecule has 0 aliphatic carbocycles. The Labute approximate surface area is 118 Å². The second kappa shape index (κ2) is 5.75. The number of halogens is 1. The van der Waals surface area contributed by atoms with Gasteiger partial charge >= 0.3 is 6.09 Å². The summed E-state index contributed by atoms with van der Waals surface area (Å²) in [6, 6.07) is 1.23. The van der Waals surface area contributed by atoms with E-state index < -0.39 is 17.5 Å². The molecule has 2 rings (SSSR count). The highest BCUT2D eigenvalue weighted by Crippen LogP contribution is 2.25. The van der Waals surface area contributed by atoms with Crippen molar-refractivity contribution in [2.45, 2.75) is 32.4 Å². The van der Waals surface area contributed by atoms with Crippen molar-refractivity contribution in [2.75, 3.05) is 19.6 Å². The molecule has 1 amide bonds. The van der Waals surface area contributed by atoms with E-state index >= 15 is 0 Å². The first-order chi connectivity index (χ1) is 9.38. The molecule has 5 nitrogen and oxygen atoms in total. The van der Waals surface area contributed by atoms with Crippen LogP contribution in [0.1, 0.15) is 32.4 Å². The third kappa shape index (κ3) is 3.45. The molecule has 1 aromatic heterocycles. The van der Waals surface area contributed by atoms with Crippen LogP contribution in [0.5, 0.6) is 0 Å². The summed E-state index contributed by atoms with van der Waals surface area (Å²) in [7, 11) is 0. The SMILES string of the molecule is CC(C)(C)OC(=O)N1CCNCC1c1ccncc1F. The molecule has 20 heavy (non-hydrogen) atoms. The van der Waals surface area contributed by atoms with Crippen molar-refractivity contribution in [3.63, 3.8) is 0 Å².